The molecule has 1 aliphatic heterocycles. The summed E-state index contributed by atoms with van der Waals surface area (Å²) in [6.45, 7) is 3.02. The van der Waals surface area contributed by atoms with Gasteiger partial charge in [-0.25, -0.2) is 9.78 Å². The summed E-state index contributed by atoms with van der Waals surface area (Å²) < 4.78 is 0. The topological polar surface area (TPSA) is 53.4 Å². The van der Waals surface area contributed by atoms with E-state index in [9.17, 15) is 4.79 Å². The third-order valence-electron chi connectivity index (χ3n) is 3.56. The van der Waals surface area contributed by atoms with E-state index in [1.165, 1.54) is 16.5 Å². The van der Waals surface area contributed by atoms with Crippen LogP contribution in [0.2, 0.25) is 0 Å². The van der Waals surface area contributed by atoms with Crippen molar-refractivity contribution in [3.63, 3.8) is 0 Å². The molecule has 98 valence electrons. The Morgan fingerprint density at radius 1 is 1.53 bits per heavy atom. The minimum absolute atomic E-state index is 0.242. The number of fused-ring (bicyclic) bond motifs is 1. The lowest BCUT2D eigenvalue weighted by Crippen LogP contribution is -2.33. The van der Waals surface area contributed by atoms with Crippen LogP contribution in [-0.2, 0) is 6.42 Å². The quantitative estimate of drug-likeness (QED) is 0.914. The van der Waals surface area contributed by atoms with Gasteiger partial charge in [-0.1, -0.05) is 0 Å². The molecule has 0 saturated carbocycles. The number of rotatable bonds is 2. The Hall–Kier alpha value is -1.88. The summed E-state index contributed by atoms with van der Waals surface area (Å²) in [6.07, 6.45) is 2.56. The van der Waals surface area contributed by atoms with Crippen molar-refractivity contribution in [2.75, 3.05) is 11.4 Å². The van der Waals surface area contributed by atoms with E-state index in [1.807, 2.05) is 0 Å². The number of nitrogens with zero attached hydrogens (tertiary/aromatic N) is 2. The molecule has 19 heavy (non-hydrogen) atoms. The molecular formula is C14H14N2O2S. The minimum atomic E-state index is -0.912. The molecule has 1 unspecified atom stereocenters. The molecule has 4 nitrogen and oxygen atoms in total. The van der Waals surface area contributed by atoms with Gasteiger partial charge in [0.1, 0.15) is 5.82 Å². The van der Waals surface area contributed by atoms with Gasteiger partial charge in [0.25, 0.3) is 0 Å². The maximum atomic E-state index is 11.0. The zero-order chi connectivity index (χ0) is 13.4. The molecule has 0 spiro atoms. The Kier molecular flexibility index (Phi) is 2.98. The van der Waals surface area contributed by atoms with Crippen LogP contribution < -0.4 is 4.90 Å². The second-order valence-corrected chi connectivity index (χ2v) is 5.63. The smallest absolute Gasteiger partial charge is 0.335 e. The van der Waals surface area contributed by atoms with Crippen molar-refractivity contribution >= 4 is 23.1 Å². The molecule has 0 radical (unpaired) electrons. The number of hydrogen-bond acceptors (Lipinski definition) is 4. The van der Waals surface area contributed by atoms with Crippen molar-refractivity contribution in [3.05, 3.63) is 45.8 Å². The molecule has 0 aliphatic carbocycles. The predicted octanol–water partition coefficient (Wildman–Crippen LogP) is 2.97. The molecule has 3 rings (SSSR count). The number of aromatic carboxylic acids is 1. The number of anilines is 1. The van der Waals surface area contributed by atoms with Gasteiger partial charge < -0.3 is 10.0 Å². The van der Waals surface area contributed by atoms with E-state index >= 15 is 0 Å². The number of carboxylic acid groups (broad SMARTS) is 1. The van der Waals surface area contributed by atoms with Crippen molar-refractivity contribution in [1.29, 1.82) is 0 Å². The molecule has 3 heterocycles. The highest BCUT2D eigenvalue weighted by atomic mass is 32.1. The van der Waals surface area contributed by atoms with Crippen LogP contribution in [0.3, 0.4) is 0 Å². The van der Waals surface area contributed by atoms with E-state index in [2.05, 4.69) is 28.3 Å². The lowest BCUT2D eigenvalue weighted by Gasteiger charge is -2.34. The standard InChI is InChI=1S/C14H14N2O2S/c1-9-11-4-7-19-12(11)3-6-16(9)13-8-10(14(17)18)2-5-15-13/h2,4-5,7-9H,3,6H2,1H3,(H,17,18). The first-order chi connectivity index (χ1) is 9.16. The lowest BCUT2D eigenvalue weighted by molar-refractivity contribution is 0.0697. The van der Waals surface area contributed by atoms with Crippen molar-refractivity contribution in [1.82, 2.24) is 4.98 Å². The summed E-state index contributed by atoms with van der Waals surface area (Å²) in [5.41, 5.74) is 1.62. The van der Waals surface area contributed by atoms with Crippen LogP contribution in [0.25, 0.3) is 0 Å². The normalized spacial score (nSPS) is 18.2. The van der Waals surface area contributed by atoms with Crippen molar-refractivity contribution in [2.24, 2.45) is 0 Å². The van der Waals surface area contributed by atoms with E-state index in [-0.39, 0.29) is 11.6 Å². The zero-order valence-electron chi connectivity index (χ0n) is 10.5. The molecule has 0 aromatic carbocycles. The van der Waals surface area contributed by atoms with Gasteiger partial charge in [0.2, 0.25) is 0 Å². The van der Waals surface area contributed by atoms with Crippen LogP contribution in [0.4, 0.5) is 5.82 Å². The fourth-order valence-corrected chi connectivity index (χ4v) is 3.49. The van der Waals surface area contributed by atoms with Crippen LogP contribution in [0.15, 0.2) is 29.8 Å². The molecule has 0 saturated heterocycles. The molecule has 5 heteroatoms. The third-order valence-corrected chi connectivity index (χ3v) is 4.56. The second-order valence-electron chi connectivity index (χ2n) is 4.63. The number of hydrogen-bond donors (Lipinski definition) is 1. The Morgan fingerprint density at radius 2 is 2.37 bits per heavy atom. The molecule has 0 amide bonds. The summed E-state index contributed by atoms with van der Waals surface area (Å²) in [7, 11) is 0. The minimum Gasteiger partial charge on any atom is -0.478 e. The molecule has 0 bridgehead atoms. The number of carbonyl (C=O) groups is 1. The van der Waals surface area contributed by atoms with Crippen LogP contribution >= 0.6 is 11.3 Å². The van der Waals surface area contributed by atoms with Crippen LogP contribution in [0.1, 0.15) is 33.8 Å². The Labute approximate surface area is 115 Å². The van der Waals surface area contributed by atoms with Gasteiger partial charge in [-0.3, -0.25) is 0 Å². The van der Waals surface area contributed by atoms with E-state index < -0.39 is 5.97 Å². The maximum Gasteiger partial charge on any atom is 0.335 e. The molecule has 2 aromatic rings. The number of thiophene rings is 1. The zero-order valence-corrected chi connectivity index (χ0v) is 11.4. The Bertz CT molecular complexity index is 623. The van der Waals surface area contributed by atoms with Gasteiger partial charge in [0, 0.05) is 17.6 Å². The number of carboxylic acids is 1. The van der Waals surface area contributed by atoms with Crippen molar-refractivity contribution < 1.29 is 9.90 Å². The van der Waals surface area contributed by atoms with Crippen LogP contribution in [0.5, 0.6) is 0 Å². The van der Waals surface area contributed by atoms with E-state index in [0.717, 1.165) is 18.8 Å². The first kappa shape index (κ1) is 12.2. The van der Waals surface area contributed by atoms with Crippen molar-refractivity contribution in [3.8, 4) is 0 Å². The first-order valence-corrected chi connectivity index (χ1v) is 7.07. The van der Waals surface area contributed by atoms with Crippen LogP contribution in [0, 0.1) is 0 Å². The molecule has 0 fully saturated rings. The summed E-state index contributed by atoms with van der Waals surface area (Å²) in [5, 5.41) is 11.2. The van der Waals surface area contributed by atoms with Gasteiger partial charge in [0.05, 0.1) is 11.6 Å². The Morgan fingerprint density at radius 3 is 3.16 bits per heavy atom. The largest absolute Gasteiger partial charge is 0.478 e. The fraction of sp³-hybridized carbons (Fsp3) is 0.286. The first-order valence-electron chi connectivity index (χ1n) is 6.19. The second kappa shape index (κ2) is 4.66. The molecule has 1 atom stereocenters. The summed E-state index contributed by atoms with van der Waals surface area (Å²) >= 11 is 1.79. The maximum absolute atomic E-state index is 11.0. The van der Waals surface area contributed by atoms with Gasteiger partial charge in [-0.2, -0.15) is 0 Å². The van der Waals surface area contributed by atoms with E-state index in [0.29, 0.717) is 0 Å². The number of pyridine rings is 1. The van der Waals surface area contributed by atoms with Crippen molar-refractivity contribution in [2.45, 2.75) is 19.4 Å². The summed E-state index contributed by atoms with van der Waals surface area (Å²) in [6, 6.07) is 5.57. The number of aromatic nitrogens is 1. The third kappa shape index (κ3) is 2.10. The predicted molar refractivity (Wildman–Crippen MR) is 75.0 cm³/mol. The molecule has 1 N–H and O–H groups in total. The Balaban J connectivity index is 1.95. The fourth-order valence-electron chi connectivity index (χ4n) is 2.53. The molecule has 1 aliphatic rings. The summed E-state index contributed by atoms with van der Waals surface area (Å²) in [5.74, 6) is -0.172. The molecular weight excluding hydrogens is 260 g/mol. The average molecular weight is 274 g/mol. The van der Waals surface area contributed by atoms with E-state index in [1.54, 1.807) is 23.6 Å². The van der Waals surface area contributed by atoms with Gasteiger partial charge >= 0.3 is 5.97 Å². The van der Waals surface area contributed by atoms with Gasteiger partial charge in [-0.05, 0) is 42.5 Å². The SMILES string of the molecule is CC1c2ccsc2CCN1c1cc(C(=O)O)ccn1. The highest BCUT2D eigenvalue weighted by molar-refractivity contribution is 7.10. The average Bonchev–Trinajstić information content (AvgIpc) is 2.88. The lowest BCUT2D eigenvalue weighted by atomic mass is 10.0. The van der Waals surface area contributed by atoms with Gasteiger partial charge in [0.15, 0.2) is 0 Å². The monoisotopic (exact) mass is 274 g/mol. The highest BCUT2D eigenvalue weighted by Gasteiger charge is 2.25. The highest BCUT2D eigenvalue weighted by Crippen LogP contribution is 2.35. The van der Waals surface area contributed by atoms with Crippen LogP contribution in [-0.4, -0.2) is 22.6 Å². The summed E-state index contributed by atoms with van der Waals surface area (Å²) in [4.78, 5) is 18.9. The molecule has 2 aromatic heterocycles. The van der Waals surface area contributed by atoms with E-state index in [4.69, 9.17) is 5.11 Å². The van der Waals surface area contributed by atoms with Gasteiger partial charge in [-0.15, -0.1) is 11.3 Å².